The SMILES string of the molecule is CC[Si]12OC[SiH](C)O[Si]3(CC)O[Si]4(CC)O[SiH2]O[Si](CCCO)(O1)O[Si](CC)(O4)O[Si](CC)(O2)O3. The van der Waals surface area contributed by atoms with Crippen molar-refractivity contribution in [2.45, 2.75) is 83.9 Å². The average molecular weight is 637 g/mol. The van der Waals surface area contributed by atoms with E-state index < -0.39 is 71.9 Å². The fraction of sp³-hybridized carbons (Fsp3) is 1.00. The maximum absolute atomic E-state index is 9.68. The van der Waals surface area contributed by atoms with E-state index >= 15 is 0 Å². The Morgan fingerprint density at radius 2 is 1.11 bits per heavy atom. The van der Waals surface area contributed by atoms with E-state index in [4.69, 9.17) is 45.6 Å². The first-order valence-electron chi connectivity index (χ1n) is 12.7. The maximum Gasteiger partial charge on any atom is 0.485 e. The molecule has 0 aromatic heterocycles. The highest BCUT2D eigenvalue weighted by atomic mass is 28.6. The number of rotatable bonds is 8. The van der Waals surface area contributed by atoms with Crippen molar-refractivity contribution in [3.05, 3.63) is 0 Å². The Labute approximate surface area is 218 Å². The Morgan fingerprint density at radius 1 is 0.657 bits per heavy atom. The number of hydrogen-bond donors (Lipinski definition) is 1. The summed E-state index contributed by atoms with van der Waals surface area (Å²) in [6.07, 6.45) is 0.833. The second-order valence-electron chi connectivity index (χ2n) is 9.05. The zero-order chi connectivity index (χ0) is 25.4. The minimum atomic E-state index is -3.53. The van der Waals surface area contributed by atoms with Gasteiger partial charge in [-0.05, 0) is 13.0 Å². The summed E-state index contributed by atoms with van der Waals surface area (Å²) >= 11 is 0. The monoisotopic (exact) mass is 636 g/mol. The number of aliphatic hydroxyl groups is 1. The molecule has 7 unspecified atom stereocenters. The van der Waals surface area contributed by atoms with Crippen LogP contribution in [-0.4, -0.2) is 89.8 Å². The van der Waals surface area contributed by atoms with E-state index in [1.165, 1.54) is 0 Å². The summed E-state index contributed by atoms with van der Waals surface area (Å²) in [6.45, 7) is 12.0. The predicted octanol–water partition coefficient (Wildman–Crippen LogP) is 1.23. The lowest BCUT2D eigenvalue weighted by atomic mass is 10.5. The second kappa shape index (κ2) is 11.0. The molecular weight excluding hydrogens is 597 g/mol. The minimum absolute atomic E-state index is 0.0199. The molecular formula is C15H40O12Si8. The first-order valence-corrected chi connectivity index (χ1v) is 27.9. The van der Waals surface area contributed by atoms with Crippen LogP contribution in [0, 0.1) is 0 Å². The molecule has 0 aromatic carbocycles. The topological polar surface area (TPSA) is 122 Å². The van der Waals surface area contributed by atoms with E-state index in [1.807, 2.05) is 34.6 Å². The molecule has 204 valence electrons. The highest BCUT2D eigenvalue weighted by Crippen LogP contribution is 2.46. The summed E-state index contributed by atoms with van der Waals surface area (Å²) in [5, 5.41) is 9.68. The van der Waals surface area contributed by atoms with E-state index in [0.717, 1.165) is 0 Å². The average Bonchev–Trinajstić information content (AvgIpc) is 2.88. The smallest absolute Gasteiger partial charge is 0.417 e. The Kier molecular flexibility index (Phi) is 9.21. The normalized spacial score (nSPS) is 48.9. The number of aliphatic hydroxyl groups excluding tert-OH is 1. The first kappa shape index (κ1) is 29.2. The van der Waals surface area contributed by atoms with Crippen LogP contribution in [0.4, 0.5) is 0 Å². The van der Waals surface area contributed by atoms with Gasteiger partial charge in [0.15, 0.2) is 9.04 Å². The summed E-state index contributed by atoms with van der Waals surface area (Å²) in [6, 6.07) is 2.86. The van der Waals surface area contributed by atoms with Crippen LogP contribution < -0.4 is 0 Å². The van der Waals surface area contributed by atoms with Crippen LogP contribution in [0.25, 0.3) is 0 Å². The number of fused-ring (bicyclic) bond motifs is 4. The lowest BCUT2D eigenvalue weighted by Gasteiger charge is -2.55. The molecule has 0 amide bonds. The Balaban J connectivity index is 1.97. The Hall–Kier alpha value is 1.26. The fourth-order valence-corrected chi connectivity index (χ4v) is 45.5. The van der Waals surface area contributed by atoms with Crippen LogP contribution in [0.2, 0.25) is 42.8 Å². The van der Waals surface area contributed by atoms with E-state index in [0.29, 0.717) is 48.9 Å². The van der Waals surface area contributed by atoms with Gasteiger partial charge in [-0.15, -0.1) is 0 Å². The molecule has 4 rings (SSSR count). The predicted molar refractivity (Wildman–Crippen MR) is 142 cm³/mol. The Bertz CT molecular complexity index is 763. The van der Waals surface area contributed by atoms with Gasteiger partial charge in [0.25, 0.3) is 10.0 Å². The molecule has 20 heteroatoms. The molecule has 7 atom stereocenters. The van der Waals surface area contributed by atoms with Crippen molar-refractivity contribution in [3.8, 4) is 0 Å². The molecule has 4 aliphatic rings. The van der Waals surface area contributed by atoms with Crippen molar-refractivity contribution in [3.63, 3.8) is 0 Å². The van der Waals surface area contributed by atoms with Crippen LogP contribution in [0.1, 0.15) is 41.0 Å². The second-order valence-corrected chi connectivity index (χ2v) is 32.7. The summed E-state index contributed by atoms with van der Waals surface area (Å²) in [7, 11) is -24.2. The van der Waals surface area contributed by atoms with Crippen LogP contribution >= 0.6 is 0 Å². The summed E-state index contributed by atoms with van der Waals surface area (Å²) in [5.74, 6) is 0. The molecule has 35 heavy (non-hydrogen) atoms. The minimum Gasteiger partial charge on any atom is -0.417 e. The zero-order valence-corrected chi connectivity index (χ0v) is 30.2. The molecule has 12 nitrogen and oxygen atoms in total. The Morgan fingerprint density at radius 3 is 1.71 bits per heavy atom. The van der Waals surface area contributed by atoms with Gasteiger partial charge in [0.05, 0.1) is 6.23 Å². The molecule has 6 bridgehead atoms. The van der Waals surface area contributed by atoms with Crippen LogP contribution in [0.15, 0.2) is 0 Å². The van der Waals surface area contributed by atoms with Crippen LogP contribution in [0.5, 0.6) is 0 Å². The third kappa shape index (κ3) is 5.76. The van der Waals surface area contributed by atoms with E-state index in [1.54, 1.807) is 0 Å². The van der Waals surface area contributed by atoms with Crippen molar-refractivity contribution >= 4 is 71.9 Å². The third-order valence-electron chi connectivity index (χ3n) is 6.46. The summed E-state index contributed by atoms with van der Waals surface area (Å²) in [4.78, 5) is 0. The van der Waals surface area contributed by atoms with E-state index in [-0.39, 0.29) is 6.61 Å². The van der Waals surface area contributed by atoms with Gasteiger partial charge in [0.1, 0.15) is 0 Å². The quantitative estimate of drug-likeness (QED) is 0.386. The molecule has 0 aromatic rings. The van der Waals surface area contributed by atoms with Gasteiger partial charge in [0, 0.05) is 42.9 Å². The molecule has 0 radical (unpaired) electrons. The fourth-order valence-electron chi connectivity index (χ4n) is 4.51. The van der Waals surface area contributed by atoms with Gasteiger partial charge >= 0.3 is 52.8 Å². The maximum atomic E-state index is 9.68. The molecule has 4 saturated heterocycles. The molecule has 4 aliphatic heterocycles. The molecule has 4 fully saturated rings. The highest BCUT2D eigenvalue weighted by Gasteiger charge is 2.74. The summed E-state index contributed by atoms with van der Waals surface area (Å²) < 4.78 is 74.7. The van der Waals surface area contributed by atoms with Gasteiger partial charge in [-0.1, -0.05) is 34.6 Å². The van der Waals surface area contributed by atoms with E-state index in [2.05, 4.69) is 6.55 Å². The number of hydrogen-bond acceptors (Lipinski definition) is 12. The van der Waals surface area contributed by atoms with Gasteiger partial charge in [0.2, 0.25) is 0 Å². The molecule has 4 heterocycles. The van der Waals surface area contributed by atoms with E-state index in [9.17, 15) is 5.11 Å². The standard InChI is InChI=1S/C15H40O12Si8/c1-7-30-17-15-29(6)20-32(9-3)23-31(8-2)18-28-19-35(22-30,14-12-13-16)27-34(11-5,24-31)26-33(10-4,21-30)25-32/h16,29H,7-15,28H2,1-6H3. The highest BCUT2D eigenvalue weighted by molar-refractivity contribution is 6.97. The van der Waals surface area contributed by atoms with Gasteiger partial charge in [-0.3, -0.25) is 0 Å². The third-order valence-corrected chi connectivity index (χ3v) is 38.3. The van der Waals surface area contributed by atoms with Crippen molar-refractivity contribution < 1.29 is 50.7 Å². The van der Waals surface area contributed by atoms with Gasteiger partial charge < -0.3 is 50.7 Å². The van der Waals surface area contributed by atoms with Crippen LogP contribution in [0.3, 0.4) is 0 Å². The van der Waals surface area contributed by atoms with Crippen molar-refractivity contribution in [1.82, 2.24) is 0 Å². The van der Waals surface area contributed by atoms with Crippen LogP contribution in [-0.2, 0) is 45.6 Å². The lowest BCUT2D eigenvalue weighted by Crippen LogP contribution is -2.79. The first-order chi connectivity index (χ1) is 16.6. The van der Waals surface area contributed by atoms with Crippen molar-refractivity contribution in [1.29, 1.82) is 0 Å². The van der Waals surface area contributed by atoms with Crippen molar-refractivity contribution in [2.24, 2.45) is 0 Å². The van der Waals surface area contributed by atoms with Gasteiger partial charge in [-0.2, -0.15) is 0 Å². The lowest BCUT2D eigenvalue weighted by molar-refractivity contribution is 0.0256. The van der Waals surface area contributed by atoms with Gasteiger partial charge in [-0.25, -0.2) is 0 Å². The zero-order valence-electron chi connectivity index (χ0n) is 21.6. The molecule has 0 spiro atoms. The van der Waals surface area contributed by atoms with Crippen molar-refractivity contribution in [2.75, 3.05) is 12.8 Å². The molecule has 1 N–H and O–H groups in total. The largest absolute Gasteiger partial charge is 0.485 e. The summed E-state index contributed by atoms with van der Waals surface area (Å²) in [5.41, 5.74) is 0. The molecule has 0 saturated carbocycles. The molecule has 0 aliphatic carbocycles.